The SMILES string of the molecule is CCOC(=O)C1=C(c2ccccc2)N=c2s/c(=C\c3ccc(OCc4ccc(C(=O)OCC)cc4)c(OC)c3)c(=O)n2[C@H]1c1cccs1. The van der Waals surface area contributed by atoms with E-state index in [-0.39, 0.29) is 24.7 Å². The maximum atomic E-state index is 14.1. The maximum Gasteiger partial charge on any atom is 0.338 e. The highest BCUT2D eigenvalue weighted by atomic mass is 32.1. The molecule has 0 N–H and O–H groups in total. The van der Waals surface area contributed by atoms with Crippen LogP contribution in [-0.2, 0) is 20.9 Å². The van der Waals surface area contributed by atoms with E-state index in [1.165, 1.54) is 22.7 Å². The van der Waals surface area contributed by atoms with Crippen LogP contribution in [0.1, 0.15) is 51.8 Å². The van der Waals surface area contributed by atoms with E-state index in [1.54, 1.807) is 55.9 Å². The molecule has 3 heterocycles. The first kappa shape index (κ1) is 32.7. The fourth-order valence-electron chi connectivity index (χ4n) is 5.31. The van der Waals surface area contributed by atoms with E-state index in [2.05, 4.69) is 0 Å². The molecule has 9 nitrogen and oxygen atoms in total. The molecule has 244 valence electrons. The standard InChI is InChI=1S/C37H32N2O7S2/c1-4-44-35(41)26-16-13-23(14-17-26)22-46-27-18-15-24(20-28(27)43-3)21-30-34(40)39-33(29-12-9-19-47-29)31(36(42)45-5-2)32(38-37(39)48-30)25-10-7-6-8-11-25/h6-21,33H,4-5,22H2,1-3H3/b30-21-/t33-/m0/s1. The van der Waals surface area contributed by atoms with E-state index in [0.717, 1.165) is 21.6 Å². The second-order valence-corrected chi connectivity index (χ2v) is 12.6. The Balaban J connectivity index is 1.36. The number of carbonyl (C=O) groups excluding carboxylic acids is 2. The second-order valence-electron chi connectivity index (χ2n) is 10.6. The minimum Gasteiger partial charge on any atom is -0.493 e. The van der Waals surface area contributed by atoms with Crippen molar-refractivity contribution in [1.82, 2.24) is 4.57 Å². The van der Waals surface area contributed by atoms with Crippen molar-refractivity contribution >= 4 is 46.4 Å². The van der Waals surface area contributed by atoms with E-state index >= 15 is 0 Å². The van der Waals surface area contributed by atoms with Gasteiger partial charge in [-0.25, -0.2) is 14.6 Å². The number of carbonyl (C=O) groups is 2. The lowest BCUT2D eigenvalue weighted by Gasteiger charge is -2.24. The Morgan fingerprint density at radius 1 is 0.896 bits per heavy atom. The summed E-state index contributed by atoms with van der Waals surface area (Å²) >= 11 is 2.72. The van der Waals surface area contributed by atoms with E-state index in [0.29, 0.717) is 44.3 Å². The molecule has 48 heavy (non-hydrogen) atoms. The normalized spacial score (nSPS) is 14.2. The summed E-state index contributed by atoms with van der Waals surface area (Å²) in [7, 11) is 1.55. The molecule has 0 radical (unpaired) electrons. The Morgan fingerprint density at radius 3 is 2.33 bits per heavy atom. The number of esters is 2. The molecule has 1 aliphatic heterocycles. The van der Waals surface area contributed by atoms with E-state index in [4.69, 9.17) is 23.9 Å². The number of hydrogen-bond donors (Lipinski definition) is 0. The van der Waals surface area contributed by atoms with Crippen LogP contribution >= 0.6 is 22.7 Å². The molecule has 5 aromatic rings. The predicted molar refractivity (Wildman–Crippen MR) is 185 cm³/mol. The summed E-state index contributed by atoms with van der Waals surface area (Å²) in [5, 5.41) is 1.92. The zero-order valence-corrected chi connectivity index (χ0v) is 28.1. The zero-order chi connectivity index (χ0) is 33.6. The largest absolute Gasteiger partial charge is 0.493 e. The first-order valence-corrected chi connectivity index (χ1v) is 17.0. The van der Waals surface area contributed by atoms with Crippen LogP contribution in [0.4, 0.5) is 0 Å². The highest BCUT2D eigenvalue weighted by molar-refractivity contribution is 7.10. The average Bonchev–Trinajstić information content (AvgIpc) is 3.76. The van der Waals surface area contributed by atoms with Crippen molar-refractivity contribution in [1.29, 1.82) is 0 Å². The third kappa shape index (κ3) is 6.73. The van der Waals surface area contributed by atoms with Crippen LogP contribution in [0.5, 0.6) is 11.5 Å². The molecule has 3 aromatic carbocycles. The summed E-state index contributed by atoms with van der Waals surface area (Å²) in [5.41, 5.74) is 3.37. The Kier molecular flexibility index (Phi) is 9.98. The van der Waals surface area contributed by atoms with Gasteiger partial charge in [-0.3, -0.25) is 9.36 Å². The summed E-state index contributed by atoms with van der Waals surface area (Å²) in [4.78, 5) is 45.8. The number of ether oxygens (including phenoxy) is 4. The Bertz CT molecular complexity index is 2150. The molecular formula is C37H32N2O7S2. The fourth-order valence-corrected chi connectivity index (χ4v) is 7.14. The molecule has 0 saturated carbocycles. The predicted octanol–water partition coefficient (Wildman–Crippen LogP) is 5.76. The monoisotopic (exact) mass is 680 g/mol. The number of aromatic nitrogens is 1. The molecular weight excluding hydrogens is 649 g/mol. The van der Waals surface area contributed by atoms with Gasteiger partial charge in [-0.05, 0) is 66.8 Å². The lowest BCUT2D eigenvalue weighted by molar-refractivity contribution is -0.138. The Hall–Kier alpha value is -5.26. The summed E-state index contributed by atoms with van der Waals surface area (Å²) in [5.74, 6) is 0.137. The summed E-state index contributed by atoms with van der Waals surface area (Å²) in [6, 6.07) is 25.0. The maximum absolute atomic E-state index is 14.1. The molecule has 0 spiro atoms. The molecule has 2 aromatic heterocycles. The van der Waals surface area contributed by atoms with Crippen molar-refractivity contribution in [3.63, 3.8) is 0 Å². The minimum atomic E-state index is -0.700. The van der Waals surface area contributed by atoms with Gasteiger partial charge in [0.05, 0.1) is 41.7 Å². The third-order valence-corrected chi connectivity index (χ3v) is 9.44. The number of fused-ring (bicyclic) bond motifs is 1. The summed E-state index contributed by atoms with van der Waals surface area (Å²) < 4.78 is 24.3. The number of rotatable bonds is 11. The number of benzene rings is 3. The lowest BCUT2D eigenvalue weighted by Crippen LogP contribution is -2.39. The first-order valence-electron chi connectivity index (χ1n) is 15.3. The van der Waals surface area contributed by atoms with Gasteiger partial charge >= 0.3 is 11.9 Å². The molecule has 1 aliphatic rings. The van der Waals surface area contributed by atoms with Crippen LogP contribution in [0, 0.1) is 0 Å². The highest BCUT2D eigenvalue weighted by Crippen LogP contribution is 2.37. The van der Waals surface area contributed by atoms with E-state index in [9.17, 15) is 14.4 Å². The molecule has 0 fully saturated rings. The van der Waals surface area contributed by atoms with Crippen LogP contribution in [0.15, 0.2) is 106 Å². The number of methoxy groups -OCH3 is 1. The van der Waals surface area contributed by atoms with Crippen molar-refractivity contribution < 1.29 is 28.5 Å². The molecule has 0 amide bonds. The molecule has 0 bridgehead atoms. The second kappa shape index (κ2) is 14.7. The van der Waals surface area contributed by atoms with Gasteiger partial charge in [0.25, 0.3) is 5.56 Å². The zero-order valence-electron chi connectivity index (χ0n) is 26.5. The van der Waals surface area contributed by atoms with Crippen molar-refractivity contribution in [2.75, 3.05) is 20.3 Å². The highest BCUT2D eigenvalue weighted by Gasteiger charge is 2.35. The van der Waals surface area contributed by atoms with Crippen LogP contribution in [0.25, 0.3) is 11.8 Å². The van der Waals surface area contributed by atoms with Gasteiger partial charge < -0.3 is 18.9 Å². The van der Waals surface area contributed by atoms with Crippen molar-refractivity contribution in [3.05, 3.63) is 143 Å². The van der Waals surface area contributed by atoms with Gasteiger partial charge in [0, 0.05) is 10.4 Å². The Morgan fingerprint density at radius 2 is 1.65 bits per heavy atom. The van der Waals surface area contributed by atoms with Crippen LogP contribution in [0.2, 0.25) is 0 Å². The van der Waals surface area contributed by atoms with Gasteiger partial charge in [0.1, 0.15) is 12.6 Å². The topological polar surface area (TPSA) is 105 Å². The molecule has 0 saturated heterocycles. The third-order valence-electron chi connectivity index (χ3n) is 7.53. The smallest absolute Gasteiger partial charge is 0.338 e. The van der Waals surface area contributed by atoms with Gasteiger partial charge in [-0.1, -0.05) is 65.9 Å². The Labute approximate surface area is 284 Å². The average molecular weight is 681 g/mol. The van der Waals surface area contributed by atoms with Gasteiger partial charge in [-0.2, -0.15) is 0 Å². The van der Waals surface area contributed by atoms with Crippen LogP contribution < -0.4 is 24.4 Å². The van der Waals surface area contributed by atoms with Crippen molar-refractivity contribution in [3.8, 4) is 11.5 Å². The van der Waals surface area contributed by atoms with Crippen LogP contribution in [0.3, 0.4) is 0 Å². The number of thiophene rings is 1. The molecule has 0 aliphatic carbocycles. The van der Waals surface area contributed by atoms with E-state index in [1.807, 2.05) is 66.0 Å². The molecule has 6 rings (SSSR count). The van der Waals surface area contributed by atoms with Gasteiger partial charge in [0.2, 0.25) is 0 Å². The molecule has 0 unspecified atom stereocenters. The van der Waals surface area contributed by atoms with E-state index < -0.39 is 12.0 Å². The summed E-state index contributed by atoms with van der Waals surface area (Å²) in [6.45, 7) is 4.28. The quantitative estimate of drug-likeness (QED) is 0.163. The first-order chi connectivity index (χ1) is 23.4. The van der Waals surface area contributed by atoms with Crippen LogP contribution in [-0.4, -0.2) is 36.8 Å². The van der Waals surface area contributed by atoms with Gasteiger partial charge in [0.15, 0.2) is 16.3 Å². The number of hydrogen-bond acceptors (Lipinski definition) is 10. The molecule has 11 heteroatoms. The summed E-state index contributed by atoms with van der Waals surface area (Å²) in [6.07, 6.45) is 1.78. The fraction of sp³-hybridized carbons (Fsp3) is 0.189. The van der Waals surface area contributed by atoms with Crippen molar-refractivity contribution in [2.45, 2.75) is 26.5 Å². The van der Waals surface area contributed by atoms with Crippen molar-refractivity contribution in [2.24, 2.45) is 4.99 Å². The van der Waals surface area contributed by atoms with Gasteiger partial charge in [-0.15, -0.1) is 11.3 Å². The number of nitrogens with zero attached hydrogens (tertiary/aromatic N) is 2. The number of thiazole rings is 1. The lowest BCUT2D eigenvalue weighted by atomic mass is 9.97. The molecule has 1 atom stereocenters. The minimum absolute atomic E-state index is 0.190.